The first-order valence-corrected chi connectivity index (χ1v) is 7.27. The van der Waals surface area contributed by atoms with Gasteiger partial charge in [-0.25, -0.2) is 0 Å². The van der Waals surface area contributed by atoms with Gasteiger partial charge >= 0.3 is 0 Å². The summed E-state index contributed by atoms with van der Waals surface area (Å²) in [7, 11) is 0. The normalized spacial score (nSPS) is 16.1. The molecular formula is C16H24N2O. The highest BCUT2D eigenvalue weighted by Gasteiger charge is 2.30. The molecule has 1 amide bonds. The van der Waals surface area contributed by atoms with Gasteiger partial charge in [-0.15, -0.1) is 0 Å². The Kier molecular flexibility index (Phi) is 4.97. The quantitative estimate of drug-likeness (QED) is 0.816. The van der Waals surface area contributed by atoms with Crippen LogP contribution in [0.5, 0.6) is 0 Å². The Hall–Kier alpha value is -1.35. The second kappa shape index (κ2) is 6.71. The van der Waals surface area contributed by atoms with Crippen LogP contribution in [0.25, 0.3) is 0 Å². The first-order chi connectivity index (χ1) is 9.22. The summed E-state index contributed by atoms with van der Waals surface area (Å²) in [5, 5.41) is 3.29. The maximum Gasteiger partial charge on any atom is 0.236 e. The monoisotopic (exact) mass is 260 g/mol. The average molecular weight is 260 g/mol. The van der Waals surface area contributed by atoms with E-state index < -0.39 is 0 Å². The molecule has 1 saturated carbocycles. The fourth-order valence-electron chi connectivity index (χ4n) is 2.42. The Balaban J connectivity index is 1.72. The number of nitrogens with zero attached hydrogens (tertiary/aromatic N) is 1. The van der Waals surface area contributed by atoms with E-state index in [4.69, 9.17) is 0 Å². The smallest absolute Gasteiger partial charge is 0.236 e. The molecule has 0 spiro atoms. The number of likely N-dealkylation sites (N-methyl/N-ethyl adjacent to an activating group) is 1. The van der Waals surface area contributed by atoms with Crippen LogP contribution in [-0.4, -0.2) is 36.5 Å². The molecule has 1 atom stereocenters. The molecule has 0 radical (unpaired) electrons. The number of amides is 1. The third kappa shape index (κ3) is 4.06. The van der Waals surface area contributed by atoms with Crippen molar-refractivity contribution in [2.24, 2.45) is 0 Å². The van der Waals surface area contributed by atoms with Gasteiger partial charge in [0.2, 0.25) is 5.91 Å². The predicted molar refractivity (Wildman–Crippen MR) is 78.1 cm³/mol. The fourth-order valence-corrected chi connectivity index (χ4v) is 2.42. The molecule has 0 aliphatic heterocycles. The molecule has 1 aromatic carbocycles. The van der Waals surface area contributed by atoms with E-state index in [1.807, 2.05) is 11.0 Å². The van der Waals surface area contributed by atoms with E-state index in [1.165, 1.54) is 18.4 Å². The minimum atomic E-state index is 0.241. The van der Waals surface area contributed by atoms with E-state index in [0.717, 1.165) is 13.1 Å². The van der Waals surface area contributed by atoms with E-state index in [9.17, 15) is 4.79 Å². The lowest BCUT2D eigenvalue weighted by molar-refractivity contribution is -0.130. The van der Waals surface area contributed by atoms with Crippen molar-refractivity contribution >= 4 is 5.91 Å². The first kappa shape index (κ1) is 14.1. The van der Waals surface area contributed by atoms with Crippen molar-refractivity contribution < 1.29 is 4.79 Å². The second-order valence-electron chi connectivity index (χ2n) is 5.35. The molecule has 1 aliphatic rings. The lowest BCUT2D eigenvalue weighted by Crippen LogP contribution is -2.40. The Morgan fingerprint density at radius 1 is 1.37 bits per heavy atom. The second-order valence-corrected chi connectivity index (χ2v) is 5.35. The summed E-state index contributed by atoms with van der Waals surface area (Å²) in [6.07, 6.45) is 2.36. The summed E-state index contributed by atoms with van der Waals surface area (Å²) in [6, 6.07) is 10.9. The van der Waals surface area contributed by atoms with E-state index in [0.29, 0.717) is 18.5 Å². The van der Waals surface area contributed by atoms with Crippen LogP contribution in [0.3, 0.4) is 0 Å². The molecule has 1 aromatic rings. The summed E-state index contributed by atoms with van der Waals surface area (Å²) in [5.41, 5.74) is 1.32. The molecule has 2 rings (SSSR count). The van der Waals surface area contributed by atoms with Crippen molar-refractivity contribution in [3.8, 4) is 0 Å². The molecule has 0 aromatic heterocycles. The zero-order valence-corrected chi connectivity index (χ0v) is 11.9. The Morgan fingerprint density at radius 3 is 2.63 bits per heavy atom. The zero-order valence-electron chi connectivity index (χ0n) is 11.9. The lowest BCUT2D eigenvalue weighted by Gasteiger charge is -2.21. The lowest BCUT2D eigenvalue weighted by atomic mass is 10.0. The number of benzene rings is 1. The van der Waals surface area contributed by atoms with Gasteiger partial charge in [-0.3, -0.25) is 4.79 Å². The highest BCUT2D eigenvalue weighted by atomic mass is 16.2. The number of carbonyl (C=O) groups excluding carboxylic acids is 1. The van der Waals surface area contributed by atoms with Crippen LogP contribution in [0.4, 0.5) is 0 Å². The van der Waals surface area contributed by atoms with Gasteiger partial charge in [0.1, 0.15) is 0 Å². The maximum absolute atomic E-state index is 12.0. The van der Waals surface area contributed by atoms with Crippen molar-refractivity contribution in [1.29, 1.82) is 0 Å². The molecule has 3 nitrogen and oxygen atoms in total. The predicted octanol–water partition coefficient (Wildman–Crippen LogP) is 2.39. The largest absolute Gasteiger partial charge is 0.339 e. The van der Waals surface area contributed by atoms with Gasteiger partial charge in [0, 0.05) is 19.1 Å². The zero-order chi connectivity index (χ0) is 13.7. The average Bonchev–Trinajstić information content (AvgIpc) is 3.25. The van der Waals surface area contributed by atoms with Crippen molar-refractivity contribution in [1.82, 2.24) is 10.2 Å². The van der Waals surface area contributed by atoms with Gasteiger partial charge in [0.05, 0.1) is 6.54 Å². The van der Waals surface area contributed by atoms with E-state index in [-0.39, 0.29) is 5.91 Å². The Bertz CT molecular complexity index is 400. The number of carbonyl (C=O) groups is 1. The van der Waals surface area contributed by atoms with Crippen LogP contribution in [0.2, 0.25) is 0 Å². The maximum atomic E-state index is 12.0. The van der Waals surface area contributed by atoms with Crippen molar-refractivity contribution in [3.63, 3.8) is 0 Å². The van der Waals surface area contributed by atoms with Crippen LogP contribution in [0.15, 0.2) is 30.3 Å². The number of rotatable bonds is 7. The number of hydrogen-bond acceptors (Lipinski definition) is 2. The molecular weight excluding hydrogens is 236 g/mol. The number of nitrogens with one attached hydrogen (secondary N) is 1. The molecule has 104 valence electrons. The molecule has 3 heteroatoms. The van der Waals surface area contributed by atoms with Gasteiger partial charge in [-0.2, -0.15) is 0 Å². The van der Waals surface area contributed by atoms with Crippen LogP contribution >= 0.6 is 0 Å². The summed E-state index contributed by atoms with van der Waals surface area (Å²) < 4.78 is 0. The summed E-state index contributed by atoms with van der Waals surface area (Å²) in [6.45, 7) is 6.38. The molecule has 1 N–H and O–H groups in total. The standard InChI is InChI=1S/C16H24N2O/c1-3-18(15-9-10-15)16(19)12-17-11-13(2)14-7-5-4-6-8-14/h4-8,13,15,17H,3,9-12H2,1-2H3. The molecule has 0 saturated heterocycles. The topological polar surface area (TPSA) is 32.3 Å². The van der Waals surface area contributed by atoms with Crippen molar-refractivity contribution in [2.75, 3.05) is 19.6 Å². The van der Waals surface area contributed by atoms with Crippen LogP contribution in [0, 0.1) is 0 Å². The highest BCUT2D eigenvalue weighted by Crippen LogP contribution is 2.26. The number of hydrogen-bond donors (Lipinski definition) is 1. The third-order valence-electron chi connectivity index (χ3n) is 3.74. The first-order valence-electron chi connectivity index (χ1n) is 7.27. The van der Waals surface area contributed by atoms with E-state index >= 15 is 0 Å². The molecule has 19 heavy (non-hydrogen) atoms. The summed E-state index contributed by atoms with van der Waals surface area (Å²) in [4.78, 5) is 14.0. The molecule has 0 bridgehead atoms. The van der Waals surface area contributed by atoms with Crippen LogP contribution in [-0.2, 0) is 4.79 Å². The fraction of sp³-hybridized carbons (Fsp3) is 0.562. The van der Waals surface area contributed by atoms with E-state index in [2.05, 4.69) is 43.4 Å². The third-order valence-corrected chi connectivity index (χ3v) is 3.74. The van der Waals surface area contributed by atoms with Crippen LogP contribution in [0.1, 0.15) is 38.2 Å². The Labute approximate surface area is 116 Å². The highest BCUT2D eigenvalue weighted by molar-refractivity contribution is 5.78. The van der Waals surface area contributed by atoms with Gasteiger partial charge in [0.25, 0.3) is 0 Å². The molecule has 1 unspecified atom stereocenters. The molecule has 1 aliphatic carbocycles. The summed E-state index contributed by atoms with van der Waals surface area (Å²) >= 11 is 0. The van der Waals surface area contributed by atoms with Crippen molar-refractivity contribution in [3.05, 3.63) is 35.9 Å². The van der Waals surface area contributed by atoms with Gasteiger partial charge in [-0.05, 0) is 31.2 Å². The molecule has 0 heterocycles. The van der Waals surface area contributed by atoms with E-state index in [1.54, 1.807) is 0 Å². The summed E-state index contributed by atoms with van der Waals surface area (Å²) in [5.74, 6) is 0.676. The van der Waals surface area contributed by atoms with Gasteiger partial charge < -0.3 is 10.2 Å². The van der Waals surface area contributed by atoms with Gasteiger partial charge in [-0.1, -0.05) is 37.3 Å². The minimum absolute atomic E-state index is 0.241. The van der Waals surface area contributed by atoms with Gasteiger partial charge in [0.15, 0.2) is 0 Å². The Morgan fingerprint density at radius 2 is 2.05 bits per heavy atom. The minimum Gasteiger partial charge on any atom is -0.339 e. The molecule has 1 fully saturated rings. The SMILES string of the molecule is CCN(C(=O)CNCC(C)c1ccccc1)C1CC1. The van der Waals surface area contributed by atoms with Crippen LogP contribution < -0.4 is 5.32 Å². The van der Waals surface area contributed by atoms with Crippen molar-refractivity contribution in [2.45, 2.75) is 38.6 Å².